The zero-order valence-corrected chi connectivity index (χ0v) is 28.9. The van der Waals surface area contributed by atoms with E-state index in [9.17, 15) is 9.59 Å². The molecule has 0 unspecified atom stereocenters. The number of ether oxygens (including phenoxy) is 1. The number of carbonyl (C=O) groups is 2. The lowest BCUT2D eigenvalue weighted by Crippen LogP contribution is -2.46. The van der Waals surface area contributed by atoms with E-state index in [4.69, 9.17) is 27.8 Å². The molecule has 4 aromatic rings. The first-order valence-corrected chi connectivity index (χ1v) is 19.6. The van der Waals surface area contributed by atoms with Crippen LogP contribution in [0, 0.1) is 18.8 Å². The predicted molar refractivity (Wildman–Crippen MR) is 189 cm³/mol. The lowest BCUT2D eigenvalue weighted by atomic mass is 10.0. The van der Waals surface area contributed by atoms with Gasteiger partial charge in [0.05, 0.1) is 22.5 Å². The third kappa shape index (κ3) is 8.28. The van der Waals surface area contributed by atoms with Crippen molar-refractivity contribution in [3.8, 4) is 34.5 Å². The summed E-state index contributed by atoms with van der Waals surface area (Å²) in [7, 11) is -1.36. The number of primary amides is 1. The van der Waals surface area contributed by atoms with E-state index in [0.29, 0.717) is 64.1 Å². The summed E-state index contributed by atoms with van der Waals surface area (Å²) >= 11 is 6.43. The second kappa shape index (κ2) is 14.5. The molecule has 2 aromatic carbocycles. The van der Waals surface area contributed by atoms with Gasteiger partial charge in [-0.25, -0.2) is 9.97 Å². The molecule has 1 aliphatic rings. The first-order chi connectivity index (χ1) is 22.4. The third-order valence-electron chi connectivity index (χ3n) is 7.96. The number of piperazine rings is 1. The van der Waals surface area contributed by atoms with Crippen molar-refractivity contribution in [2.75, 3.05) is 38.5 Å². The molecule has 0 radical (unpaired) electrons. The highest BCUT2D eigenvalue weighted by Gasteiger charge is 2.25. The van der Waals surface area contributed by atoms with Crippen molar-refractivity contribution in [3.05, 3.63) is 87.6 Å². The smallest absolute Gasteiger partial charge is 0.253 e. The Morgan fingerprint density at radius 1 is 1.06 bits per heavy atom. The zero-order chi connectivity index (χ0) is 33.7. The number of nitrogens with two attached hydrogens (primary N) is 2. The van der Waals surface area contributed by atoms with Gasteiger partial charge in [-0.2, -0.15) is 0 Å². The molecule has 0 spiro atoms. The molecule has 1 aliphatic heterocycles. The van der Waals surface area contributed by atoms with Gasteiger partial charge < -0.3 is 31.0 Å². The number of nitrogen functional groups attached to an aromatic ring is 1. The summed E-state index contributed by atoms with van der Waals surface area (Å²) in [5.74, 6) is 5.80. The normalized spacial score (nSPS) is 13.3. The quantitative estimate of drug-likeness (QED) is 0.129. The Morgan fingerprint density at radius 2 is 1.79 bits per heavy atom. The number of halogens is 1. The summed E-state index contributed by atoms with van der Waals surface area (Å²) in [5.41, 5.74) is 17.4. The van der Waals surface area contributed by atoms with Crippen molar-refractivity contribution in [2.24, 2.45) is 5.73 Å². The van der Waals surface area contributed by atoms with Crippen LogP contribution < -0.4 is 16.8 Å². The molecule has 3 heterocycles. The molecule has 1 saturated heterocycles. The molecule has 5 rings (SSSR count). The van der Waals surface area contributed by atoms with Crippen LogP contribution in [0.3, 0.4) is 0 Å². The van der Waals surface area contributed by atoms with Gasteiger partial charge in [0.15, 0.2) is 0 Å². The Labute approximate surface area is 281 Å². The maximum absolute atomic E-state index is 12.9. The van der Waals surface area contributed by atoms with Crippen LogP contribution in [0.1, 0.15) is 37.4 Å². The van der Waals surface area contributed by atoms with Crippen LogP contribution in [0.4, 0.5) is 5.95 Å². The number of nitrogens with zero attached hydrogens (tertiary/aromatic N) is 4. The van der Waals surface area contributed by atoms with E-state index >= 15 is 0 Å². The molecule has 1 fully saturated rings. The molecule has 0 saturated carbocycles. The molecule has 5 N–H and O–H groups in total. The van der Waals surface area contributed by atoms with Gasteiger partial charge in [0.1, 0.15) is 12.4 Å². The van der Waals surface area contributed by atoms with E-state index < -0.39 is 14.0 Å². The second-order valence-electron chi connectivity index (χ2n) is 12.8. The molecule has 2 amide bonds. The van der Waals surface area contributed by atoms with Crippen molar-refractivity contribution >= 4 is 37.4 Å². The Kier molecular flexibility index (Phi) is 10.5. The lowest BCUT2D eigenvalue weighted by molar-refractivity contribution is 0.0735. The van der Waals surface area contributed by atoms with E-state index in [2.05, 4.69) is 46.8 Å². The fourth-order valence-electron chi connectivity index (χ4n) is 5.31. The molecule has 10 nitrogen and oxygen atoms in total. The number of nitrogens with one attached hydrogen (secondary N) is 1. The van der Waals surface area contributed by atoms with Crippen LogP contribution in [0.5, 0.6) is 0 Å². The number of carbonyl (C=O) groups excluding carboxylic acids is 2. The summed E-state index contributed by atoms with van der Waals surface area (Å²) in [6, 6.07) is 15.4. The standard InChI is InChI=1S/C35H40ClN7O3Si/c1-23-5-12-27(36)19-28(23)32-29(33(37)44)20-30(43(32)22-46-17-18-47(2,3)4)31-26(21-40-35(38)41-31)11-8-24-6-9-25(10-7-24)34(45)42-15-13-39-14-16-42/h5-7,9-10,12,19-21,39H,13-18,22H2,1-4H3,(H2,37,44)(H2,38,40,41). The number of amides is 2. The number of aromatic nitrogens is 3. The summed E-state index contributed by atoms with van der Waals surface area (Å²) in [6.07, 6.45) is 1.56. The molecular weight excluding hydrogens is 630 g/mol. The summed E-state index contributed by atoms with van der Waals surface area (Å²) in [5, 5.41) is 3.78. The van der Waals surface area contributed by atoms with Crippen molar-refractivity contribution in [1.29, 1.82) is 0 Å². The molecular formula is C35H40ClN7O3Si. The van der Waals surface area contributed by atoms with Crippen molar-refractivity contribution in [1.82, 2.24) is 24.8 Å². The average molecular weight is 670 g/mol. The molecule has 0 aliphatic carbocycles. The molecule has 0 bridgehead atoms. The van der Waals surface area contributed by atoms with Gasteiger partial charge in [-0.05, 0) is 61.0 Å². The van der Waals surface area contributed by atoms with Crippen LogP contribution in [-0.2, 0) is 11.5 Å². The molecule has 0 atom stereocenters. The molecule has 47 heavy (non-hydrogen) atoms. The SMILES string of the molecule is Cc1ccc(Cl)cc1-c1c(C(N)=O)cc(-c2nc(N)ncc2C#Cc2ccc(C(=O)N3CCNCC3)cc2)n1COCC[Si](C)(C)C. The Morgan fingerprint density at radius 3 is 2.47 bits per heavy atom. The highest BCUT2D eigenvalue weighted by molar-refractivity contribution is 6.76. The highest BCUT2D eigenvalue weighted by atomic mass is 35.5. The topological polar surface area (TPSA) is 141 Å². The zero-order valence-electron chi connectivity index (χ0n) is 27.2. The van der Waals surface area contributed by atoms with E-state index in [0.717, 1.165) is 30.3 Å². The number of aryl methyl sites for hydroxylation is 1. The van der Waals surface area contributed by atoms with Crippen molar-refractivity contribution in [2.45, 2.75) is 39.3 Å². The Bertz CT molecular complexity index is 1850. The fraction of sp³-hybridized carbons (Fsp3) is 0.314. The fourth-order valence-corrected chi connectivity index (χ4v) is 6.24. The van der Waals surface area contributed by atoms with Gasteiger partial charge in [-0.1, -0.05) is 49.1 Å². The Balaban J connectivity index is 1.56. The van der Waals surface area contributed by atoms with E-state index in [1.807, 2.05) is 40.7 Å². The minimum atomic E-state index is -1.36. The van der Waals surface area contributed by atoms with Crippen LogP contribution in [0.15, 0.2) is 54.7 Å². The van der Waals surface area contributed by atoms with Crippen molar-refractivity contribution in [3.63, 3.8) is 0 Å². The number of hydrogen-bond donors (Lipinski definition) is 3. The minimum Gasteiger partial charge on any atom is -0.368 e. The average Bonchev–Trinajstić information content (AvgIpc) is 3.43. The maximum atomic E-state index is 12.9. The Hall–Kier alpha value is -4.47. The summed E-state index contributed by atoms with van der Waals surface area (Å²) in [6.45, 7) is 12.4. The first-order valence-electron chi connectivity index (χ1n) is 15.5. The number of hydrogen-bond acceptors (Lipinski definition) is 7. The lowest BCUT2D eigenvalue weighted by Gasteiger charge is -2.27. The summed E-state index contributed by atoms with van der Waals surface area (Å²) in [4.78, 5) is 36.5. The van der Waals surface area contributed by atoms with Crippen LogP contribution in [0.2, 0.25) is 30.7 Å². The largest absolute Gasteiger partial charge is 0.368 e. The van der Waals surface area contributed by atoms with Gasteiger partial charge in [0.2, 0.25) is 5.95 Å². The number of anilines is 1. The molecule has 12 heteroatoms. The minimum absolute atomic E-state index is 0.00375. The van der Waals surface area contributed by atoms with E-state index in [1.54, 1.807) is 30.5 Å². The number of rotatable bonds is 9. The monoisotopic (exact) mass is 669 g/mol. The van der Waals surface area contributed by atoms with E-state index in [-0.39, 0.29) is 18.6 Å². The van der Waals surface area contributed by atoms with Crippen molar-refractivity contribution < 1.29 is 14.3 Å². The predicted octanol–water partition coefficient (Wildman–Crippen LogP) is 5.01. The van der Waals surface area contributed by atoms with Gasteiger partial charge in [-0.15, -0.1) is 0 Å². The maximum Gasteiger partial charge on any atom is 0.253 e. The first kappa shape index (κ1) is 33.9. The van der Waals surface area contributed by atoms with Gasteiger partial charge in [0.25, 0.3) is 11.8 Å². The van der Waals surface area contributed by atoms with Crippen LogP contribution in [-0.4, -0.2) is 72.1 Å². The number of benzene rings is 2. The molecule has 2 aromatic heterocycles. The van der Waals surface area contributed by atoms with Gasteiger partial charge in [-0.3, -0.25) is 9.59 Å². The van der Waals surface area contributed by atoms with Crippen LogP contribution in [0.25, 0.3) is 22.6 Å². The molecule has 244 valence electrons. The second-order valence-corrected chi connectivity index (χ2v) is 18.8. The van der Waals surface area contributed by atoms with Gasteiger partial charge >= 0.3 is 0 Å². The third-order valence-corrected chi connectivity index (χ3v) is 9.90. The van der Waals surface area contributed by atoms with E-state index in [1.165, 1.54) is 0 Å². The highest BCUT2D eigenvalue weighted by Crippen LogP contribution is 2.36. The summed E-state index contributed by atoms with van der Waals surface area (Å²) < 4.78 is 8.11. The van der Waals surface area contributed by atoms with Gasteiger partial charge in [0, 0.05) is 68.8 Å². The van der Waals surface area contributed by atoms with Crippen LogP contribution >= 0.6 is 11.6 Å².